The lowest BCUT2D eigenvalue weighted by Crippen LogP contribution is -2.37. The minimum Gasteiger partial charge on any atom is -0.341 e. The van der Waals surface area contributed by atoms with Gasteiger partial charge in [0, 0.05) is 38.2 Å². The summed E-state index contributed by atoms with van der Waals surface area (Å²) in [6, 6.07) is 16.3. The van der Waals surface area contributed by atoms with Gasteiger partial charge < -0.3 is 9.80 Å². The highest BCUT2D eigenvalue weighted by molar-refractivity contribution is 5.94. The zero-order chi connectivity index (χ0) is 21.7. The molecule has 4 heteroatoms. The Bertz CT molecular complexity index is 863. The predicted molar refractivity (Wildman–Crippen MR) is 122 cm³/mol. The first-order chi connectivity index (χ1) is 14.2. The molecule has 0 unspecified atom stereocenters. The lowest BCUT2D eigenvalue weighted by atomic mass is 9.86. The molecule has 0 N–H and O–H groups in total. The number of amides is 2. The molecule has 0 aromatic heterocycles. The van der Waals surface area contributed by atoms with E-state index in [1.54, 1.807) is 0 Å². The minimum absolute atomic E-state index is 0.0596. The van der Waals surface area contributed by atoms with Gasteiger partial charge in [-0.2, -0.15) is 0 Å². The Morgan fingerprint density at radius 1 is 0.833 bits per heavy atom. The van der Waals surface area contributed by atoms with Gasteiger partial charge in [-0.05, 0) is 48.4 Å². The predicted octanol–water partition coefficient (Wildman–Crippen LogP) is 4.60. The van der Waals surface area contributed by atoms with Crippen LogP contribution in [0.3, 0.4) is 0 Å². The SMILES string of the molecule is Cc1ccc(CCC(=O)N2CCCN(C(=O)c3ccc(C(C)(C)C)cc3)CC2)cc1. The summed E-state index contributed by atoms with van der Waals surface area (Å²) in [6.45, 7) is 11.2. The Kier molecular flexibility index (Phi) is 6.96. The van der Waals surface area contributed by atoms with E-state index in [0.717, 1.165) is 24.9 Å². The van der Waals surface area contributed by atoms with Gasteiger partial charge in [0.1, 0.15) is 0 Å². The number of aryl methyl sites for hydroxylation is 2. The quantitative estimate of drug-likeness (QED) is 0.745. The fraction of sp³-hybridized carbons (Fsp3) is 0.462. The summed E-state index contributed by atoms with van der Waals surface area (Å²) in [5.41, 5.74) is 4.45. The molecule has 0 aliphatic carbocycles. The van der Waals surface area contributed by atoms with E-state index in [1.807, 2.05) is 34.1 Å². The van der Waals surface area contributed by atoms with E-state index in [2.05, 4.69) is 52.0 Å². The Morgan fingerprint density at radius 2 is 1.43 bits per heavy atom. The number of hydrogen-bond donors (Lipinski definition) is 0. The molecule has 1 fully saturated rings. The number of benzene rings is 2. The minimum atomic E-state index is 0.0596. The van der Waals surface area contributed by atoms with Crippen LogP contribution in [-0.4, -0.2) is 47.8 Å². The van der Waals surface area contributed by atoms with E-state index in [1.165, 1.54) is 16.7 Å². The van der Waals surface area contributed by atoms with Crippen LogP contribution in [0.2, 0.25) is 0 Å². The summed E-state index contributed by atoms with van der Waals surface area (Å²) in [4.78, 5) is 29.5. The van der Waals surface area contributed by atoms with Crippen molar-refractivity contribution >= 4 is 11.8 Å². The van der Waals surface area contributed by atoms with Crippen molar-refractivity contribution < 1.29 is 9.59 Å². The largest absolute Gasteiger partial charge is 0.341 e. The standard InChI is InChI=1S/C26H34N2O2/c1-20-6-8-21(9-7-20)10-15-24(29)27-16-5-17-28(19-18-27)25(30)22-11-13-23(14-12-22)26(2,3)4/h6-9,11-14H,5,10,15-19H2,1-4H3. The Hall–Kier alpha value is -2.62. The van der Waals surface area contributed by atoms with Crippen molar-refractivity contribution in [1.29, 1.82) is 0 Å². The molecule has 30 heavy (non-hydrogen) atoms. The van der Waals surface area contributed by atoms with E-state index < -0.39 is 0 Å². The lowest BCUT2D eigenvalue weighted by molar-refractivity contribution is -0.131. The van der Waals surface area contributed by atoms with E-state index in [4.69, 9.17) is 0 Å². The van der Waals surface area contributed by atoms with Crippen molar-refractivity contribution in [3.05, 3.63) is 70.8 Å². The van der Waals surface area contributed by atoms with Crippen LogP contribution in [0.25, 0.3) is 0 Å². The summed E-state index contributed by atoms with van der Waals surface area (Å²) >= 11 is 0. The molecule has 2 amide bonds. The Balaban J connectivity index is 1.54. The van der Waals surface area contributed by atoms with Gasteiger partial charge in [-0.3, -0.25) is 9.59 Å². The van der Waals surface area contributed by atoms with Gasteiger partial charge in [0.25, 0.3) is 5.91 Å². The number of nitrogens with zero attached hydrogens (tertiary/aromatic N) is 2. The fourth-order valence-corrected chi connectivity index (χ4v) is 3.83. The molecule has 1 heterocycles. The molecule has 0 radical (unpaired) electrons. The zero-order valence-electron chi connectivity index (χ0n) is 18.8. The van der Waals surface area contributed by atoms with Crippen LogP contribution in [0.15, 0.2) is 48.5 Å². The first-order valence-electron chi connectivity index (χ1n) is 11.0. The molecule has 3 rings (SSSR count). The maximum absolute atomic E-state index is 13.0. The number of carbonyl (C=O) groups excluding carboxylic acids is 2. The molecule has 4 nitrogen and oxygen atoms in total. The molecule has 2 aromatic rings. The van der Waals surface area contributed by atoms with Crippen molar-refractivity contribution in [2.75, 3.05) is 26.2 Å². The van der Waals surface area contributed by atoms with Crippen molar-refractivity contribution in [2.45, 2.75) is 52.4 Å². The van der Waals surface area contributed by atoms with E-state index in [-0.39, 0.29) is 17.2 Å². The van der Waals surface area contributed by atoms with Crippen molar-refractivity contribution in [2.24, 2.45) is 0 Å². The maximum Gasteiger partial charge on any atom is 0.253 e. The normalized spacial score (nSPS) is 15.1. The third kappa shape index (κ3) is 5.71. The van der Waals surface area contributed by atoms with Crippen LogP contribution < -0.4 is 0 Å². The fourth-order valence-electron chi connectivity index (χ4n) is 3.83. The Labute approximate surface area is 180 Å². The van der Waals surface area contributed by atoms with Gasteiger partial charge in [0.05, 0.1) is 0 Å². The molecular weight excluding hydrogens is 372 g/mol. The van der Waals surface area contributed by atoms with E-state index >= 15 is 0 Å². The van der Waals surface area contributed by atoms with Crippen LogP contribution in [0.4, 0.5) is 0 Å². The maximum atomic E-state index is 13.0. The number of rotatable bonds is 4. The van der Waals surface area contributed by atoms with Crippen LogP contribution in [0.1, 0.15) is 60.7 Å². The van der Waals surface area contributed by atoms with Gasteiger partial charge >= 0.3 is 0 Å². The summed E-state index contributed by atoms with van der Waals surface area (Å²) < 4.78 is 0. The van der Waals surface area contributed by atoms with Crippen LogP contribution in [-0.2, 0) is 16.6 Å². The average Bonchev–Trinajstić information content (AvgIpc) is 2.98. The molecule has 1 saturated heterocycles. The van der Waals surface area contributed by atoms with Gasteiger partial charge in [0.2, 0.25) is 5.91 Å². The summed E-state index contributed by atoms with van der Waals surface area (Å²) in [5.74, 6) is 0.240. The second kappa shape index (κ2) is 9.46. The van der Waals surface area contributed by atoms with Crippen molar-refractivity contribution in [3.63, 3.8) is 0 Å². The molecule has 1 aliphatic heterocycles. The molecule has 0 atom stereocenters. The molecule has 0 bridgehead atoms. The van der Waals surface area contributed by atoms with Gasteiger partial charge in [-0.1, -0.05) is 62.7 Å². The number of hydrogen-bond acceptors (Lipinski definition) is 2. The monoisotopic (exact) mass is 406 g/mol. The van der Waals surface area contributed by atoms with Gasteiger partial charge in [0.15, 0.2) is 0 Å². The summed E-state index contributed by atoms with van der Waals surface area (Å²) in [6.07, 6.45) is 2.10. The summed E-state index contributed by atoms with van der Waals surface area (Å²) in [7, 11) is 0. The van der Waals surface area contributed by atoms with Gasteiger partial charge in [-0.25, -0.2) is 0 Å². The highest BCUT2D eigenvalue weighted by atomic mass is 16.2. The summed E-state index contributed by atoms with van der Waals surface area (Å²) in [5, 5.41) is 0. The van der Waals surface area contributed by atoms with E-state index in [0.29, 0.717) is 26.1 Å². The second-order valence-corrected chi connectivity index (χ2v) is 9.34. The third-order valence-corrected chi connectivity index (χ3v) is 5.88. The topological polar surface area (TPSA) is 40.6 Å². The molecule has 0 spiro atoms. The average molecular weight is 407 g/mol. The van der Waals surface area contributed by atoms with Crippen LogP contribution >= 0.6 is 0 Å². The first-order valence-corrected chi connectivity index (χ1v) is 11.0. The number of carbonyl (C=O) groups is 2. The van der Waals surface area contributed by atoms with E-state index in [9.17, 15) is 9.59 Å². The molecule has 2 aromatic carbocycles. The smallest absolute Gasteiger partial charge is 0.253 e. The van der Waals surface area contributed by atoms with Crippen LogP contribution in [0, 0.1) is 6.92 Å². The van der Waals surface area contributed by atoms with Crippen molar-refractivity contribution in [3.8, 4) is 0 Å². The second-order valence-electron chi connectivity index (χ2n) is 9.34. The molecule has 1 aliphatic rings. The third-order valence-electron chi connectivity index (χ3n) is 5.88. The van der Waals surface area contributed by atoms with Gasteiger partial charge in [-0.15, -0.1) is 0 Å². The lowest BCUT2D eigenvalue weighted by Gasteiger charge is -2.23. The molecule has 160 valence electrons. The molecular formula is C26H34N2O2. The molecule has 0 saturated carbocycles. The highest BCUT2D eigenvalue weighted by Crippen LogP contribution is 2.22. The van der Waals surface area contributed by atoms with Crippen molar-refractivity contribution in [1.82, 2.24) is 9.80 Å². The zero-order valence-corrected chi connectivity index (χ0v) is 18.8. The highest BCUT2D eigenvalue weighted by Gasteiger charge is 2.23. The first kappa shape index (κ1) is 22.1. The van der Waals surface area contributed by atoms with Crippen LogP contribution in [0.5, 0.6) is 0 Å². The Morgan fingerprint density at radius 3 is 2.07 bits per heavy atom.